The molecule has 0 saturated carbocycles. The number of ether oxygens (including phenoxy) is 1. The van der Waals surface area contributed by atoms with Crippen molar-refractivity contribution in [2.24, 2.45) is 0 Å². The van der Waals surface area contributed by atoms with Crippen LogP contribution in [-0.4, -0.2) is 58.2 Å². The van der Waals surface area contributed by atoms with Crippen molar-refractivity contribution in [3.05, 3.63) is 30.3 Å². The molecule has 22 heavy (non-hydrogen) atoms. The molecule has 0 heterocycles. The smallest absolute Gasteiger partial charge is 0.242 e. The molecule has 0 unspecified atom stereocenters. The molecule has 1 aromatic rings. The third kappa shape index (κ3) is 5.75. The maximum absolute atomic E-state index is 12.5. The first-order chi connectivity index (χ1) is 10.4. The lowest BCUT2D eigenvalue weighted by Crippen LogP contribution is -2.43. The van der Waals surface area contributed by atoms with Gasteiger partial charge in [-0.05, 0) is 25.5 Å². The highest BCUT2D eigenvalue weighted by molar-refractivity contribution is 7.88. The molecule has 0 aromatic heterocycles. The molecular formula is C15H24N2O4S. The zero-order valence-corrected chi connectivity index (χ0v) is 14.2. The summed E-state index contributed by atoms with van der Waals surface area (Å²) >= 11 is 0. The zero-order valence-electron chi connectivity index (χ0n) is 13.4. The fourth-order valence-corrected chi connectivity index (χ4v) is 2.90. The molecule has 0 aliphatic rings. The second-order valence-corrected chi connectivity index (χ2v) is 6.90. The molecule has 0 spiro atoms. The van der Waals surface area contributed by atoms with E-state index in [2.05, 4.69) is 0 Å². The van der Waals surface area contributed by atoms with E-state index in [0.29, 0.717) is 19.6 Å². The number of carbonyl (C=O) groups is 1. The second kappa shape index (κ2) is 8.87. The van der Waals surface area contributed by atoms with Gasteiger partial charge in [0.25, 0.3) is 0 Å². The molecule has 1 aromatic carbocycles. The molecule has 1 rings (SSSR count). The first kappa shape index (κ1) is 18.6. The summed E-state index contributed by atoms with van der Waals surface area (Å²) in [6.45, 7) is 2.91. The Bertz CT molecular complexity index is 560. The summed E-state index contributed by atoms with van der Waals surface area (Å²) in [4.78, 5) is 14.0. The van der Waals surface area contributed by atoms with Gasteiger partial charge in [-0.15, -0.1) is 0 Å². The summed E-state index contributed by atoms with van der Waals surface area (Å²) in [6, 6.07) is 9.22. The van der Waals surface area contributed by atoms with E-state index in [4.69, 9.17) is 4.74 Å². The monoisotopic (exact) mass is 328 g/mol. The van der Waals surface area contributed by atoms with Gasteiger partial charge in [-0.25, -0.2) is 8.42 Å². The van der Waals surface area contributed by atoms with E-state index in [-0.39, 0.29) is 19.0 Å². The summed E-state index contributed by atoms with van der Waals surface area (Å²) in [5, 5.41) is 0. The van der Waals surface area contributed by atoms with Crippen molar-refractivity contribution in [3.8, 4) is 0 Å². The van der Waals surface area contributed by atoms with Crippen molar-refractivity contribution < 1.29 is 17.9 Å². The standard InChI is InChI=1S/C15H24N2O4S/c1-4-17(14-9-6-5-7-10-14)15(18)13-16(22(3,19)20)11-8-12-21-2/h5-7,9-10H,4,8,11-13H2,1-3H3. The molecule has 0 atom stereocenters. The van der Waals surface area contributed by atoms with Crippen LogP contribution in [0.25, 0.3) is 0 Å². The highest BCUT2D eigenvalue weighted by Gasteiger charge is 2.23. The van der Waals surface area contributed by atoms with Crippen molar-refractivity contribution in [1.82, 2.24) is 4.31 Å². The average molecular weight is 328 g/mol. The van der Waals surface area contributed by atoms with Crippen molar-refractivity contribution in [1.29, 1.82) is 0 Å². The summed E-state index contributed by atoms with van der Waals surface area (Å²) < 4.78 is 29.8. The van der Waals surface area contributed by atoms with Crippen LogP contribution in [0.4, 0.5) is 5.69 Å². The van der Waals surface area contributed by atoms with Gasteiger partial charge in [0.2, 0.25) is 15.9 Å². The molecule has 124 valence electrons. The van der Waals surface area contributed by atoms with E-state index in [1.165, 1.54) is 4.31 Å². The van der Waals surface area contributed by atoms with Gasteiger partial charge in [-0.2, -0.15) is 4.31 Å². The Morgan fingerprint density at radius 1 is 1.23 bits per heavy atom. The molecule has 0 bridgehead atoms. The zero-order chi connectivity index (χ0) is 16.6. The second-order valence-electron chi connectivity index (χ2n) is 4.92. The van der Waals surface area contributed by atoms with Crippen LogP contribution in [0.15, 0.2) is 30.3 Å². The molecule has 0 N–H and O–H groups in total. The number of para-hydroxylation sites is 1. The normalized spacial score (nSPS) is 11.6. The van der Waals surface area contributed by atoms with E-state index in [9.17, 15) is 13.2 Å². The molecule has 1 amide bonds. The van der Waals surface area contributed by atoms with Crippen molar-refractivity contribution in [2.75, 3.05) is 44.5 Å². The summed E-state index contributed by atoms with van der Waals surface area (Å²) in [5.74, 6) is -0.239. The molecule has 0 radical (unpaired) electrons. The SMILES string of the molecule is CCN(C(=O)CN(CCCOC)S(C)(=O)=O)c1ccccc1. The maximum atomic E-state index is 12.5. The van der Waals surface area contributed by atoms with Gasteiger partial charge in [0.05, 0.1) is 12.8 Å². The number of anilines is 1. The predicted octanol–water partition coefficient (Wildman–Crippen LogP) is 1.34. The minimum atomic E-state index is -3.43. The number of hydrogen-bond donors (Lipinski definition) is 0. The van der Waals surface area contributed by atoms with Crippen LogP contribution in [0.3, 0.4) is 0 Å². The lowest BCUT2D eigenvalue weighted by Gasteiger charge is -2.25. The number of nitrogens with zero attached hydrogens (tertiary/aromatic N) is 2. The Morgan fingerprint density at radius 2 is 1.86 bits per heavy atom. The maximum Gasteiger partial charge on any atom is 0.242 e. The van der Waals surface area contributed by atoms with Crippen LogP contribution in [0.1, 0.15) is 13.3 Å². The van der Waals surface area contributed by atoms with Crippen molar-refractivity contribution >= 4 is 21.6 Å². The Balaban J connectivity index is 2.80. The van der Waals surface area contributed by atoms with Crippen LogP contribution in [0, 0.1) is 0 Å². The van der Waals surface area contributed by atoms with Gasteiger partial charge in [0, 0.05) is 32.5 Å². The van der Waals surface area contributed by atoms with E-state index in [1.807, 2.05) is 37.3 Å². The number of amides is 1. The number of methoxy groups -OCH3 is 1. The fourth-order valence-electron chi connectivity index (χ4n) is 2.09. The minimum absolute atomic E-state index is 0.161. The summed E-state index contributed by atoms with van der Waals surface area (Å²) in [6.07, 6.45) is 1.67. The number of likely N-dealkylation sites (N-methyl/N-ethyl adjacent to an activating group) is 1. The van der Waals surface area contributed by atoms with E-state index in [1.54, 1.807) is 12.0 Å². The van der Waals surface area contributed by atoms with Crippen LogP contribution in [0.2, 0.25) is 0 Å². The Kier molecular flexibility index (Phi) is 7.50. The fraction of sp³-hybridized carbons (Fsp3) is 0.533. The van der Waals surface area contributed by atoms with E-state index >= 15 is 0 Å². The number of rotatable bonds is 9. The molecule has 7 heteroatoms. The molecule has 0 aliphatic carbocycles. The van der Waals surface area contributed by atoms with E-state index in [0.717, 1.165) is 11.9 Å². The molecule has 6 nitrogen and oxygen atoms in total. The first-order valence-electron chi connectivity index (χ1n) is 7.19. The Hall–Kier alpha value is -1.44. The number of hydrogen-bond acceptors (Lipinski definition) is 4. The van der Waals surface area contributed by atoms with Crippen molar-refractivity contribution in [3.63, 3.8) is 0 Å². The van der Waals surface area contributed by atoms with Gasteiger partial charge in [0.1, 0.15) is 0 Å². The third-order valence-electron chi connectivity index (χ3n) is 3.22. The van der Waals surface area contributed by atoms with Crippen LogP contribution >= 0.6 is 0 Å². The largest absolute Gasteiger partial charge is 0.385 e. The summed E-state index contributed by atoms with van der Waals surface area (Å²) in [5.41, 5.74) is 0.764. The van der Waals surface area contributed by atoms with Gasteiger partial charge < -0.3 is 9.64 Å². The molecule has 0 saturated heterocycles. The molecular weight excluding hydrogens is 304 g/mol. The topological polar surface area (TPSA) is 66.9 Å². The minimum Gasteiger partial charge on any atom is -0.385 e. The van der Waals surface area contributed by atoms with Gasteiger partial charge in [-0.3, -0.25) is 4.79 Å². The predicted molar refractivity (Wildman–Crippen MR) is 87.4 cm³/mol. The number of sulfonamides is 1. The Morgan fingerprint density at radius 3 is 2.36 bits per heavy atom. The van der Waals surface area contributed by atoms with Gasteiger partial charge >= 0.3 is 0 Å². The average Bonchev–Trinajstić information content (AvgIpc) is 2.47. The highest BCUT2D eigenvalue weighted by Crippen LogP contribution is 2.14. The first-order valence-corrected chi connectivity index (χ1v) is 9.04. The quantitative estimate of drug-likeness (QED) is 0.642. The number of benzene rings is 1. The van der Waals surface area contributed by atoms with Crippen LogP contribution < -0.4 is 4.90 Å². The van der Waals surface area contributed by atoms with Crippen molar-refractivity contribution in [2.45, 2.75) is 13.3 Å². The molecule has 0 fully saturated rings. The summed E-state index contributed by atoms with van der Waals surface area (Å²) in [7, 11) is -1.87. The van der Waals surface area contributed by atoms with Crippen LogP contribution in [-0.2, 0) is 19.6 Å². The van der Waals surface area contributed by atoms with Gasteiger partial charge in [0.15, 0.2) is 0 Å². The van der Waals surface area contributed by atoms with Gasteiger partial charge in [-0.1, -0.05) is 18.2 Å². The lowest BCUT2D eigenvalue weighted by atomic mass is 10.3. The Labute approximate surface area is 132 Å². The van der Waals surface area contributed by atoms with Crippen LogP contribution in [0.5, 0.6) is 0 Å². The highest BCUT2D eigenvalue weighted by atomic mass is 32.2. The lowest BCUT2D eigenvalue weighted by molar-refractivity contribution is -0.118. The van der Waals surface area contributed by atoms with E-state index < -0.39 is 10.0 Å². The number of carbonyl (C=O) groups excluding carboxylic acids is 1. The third-order valence-corrected chi connectivity index (χ3v) is 4.47. The molecule has 0 aliphatic heterocycles.